The first-order valence-corrected chi connectivity index (χ1v) is 4.97. The molecule has 0 fully saturated rings. The number of hydrogen-bond donors (Lipinski definition) is 1. The van der Waals surface area contributed by atoms with Gasteiger partial charge >= 0.3 is 0 Å². The lowest BCUT2D eigenvalue weighted by Crippen LogP contribution is -2.01. The van der Waals surface area contributed by atoms with Crippen LogP contribution < -0.4 is 4.74 Å². The van der Waals surface area contributed by atoms with Crippen molar-refractivity contribution in [3.63, 3.8) is 0 Å². The Hall–Kier alpha value is -1.09. The Labute approximate surface area is 84.7 Å². The third-order valence-corrected chi connectivity index (χ3v) is 2.16. The van der Waals surface area contributed by atoms with Crippen LogP contribution in [0.5, 0.6) is 5.75 Å². The van der Waals surface area contributed by atoms with Crippen molar-refractivity contribution in [1.82, 2.24) is 4.98 Å². The fraction of sp³-hybridized carbons (Fsp3) is 0.545. The molecular weight excluding hydrogens is 178 g/mol. The van der Waals surface area contributed by atoms with Gasteiger partial charge in [-0.25, -0.2) is 0 Å². The predicted octanol–water partition coefficient (Wildman–Crippen LogP) is 2.06. The van der Waals surface area contributed by atoms with E-state index in [9.17, 15) is 0 Å². The summed E-state index contributed by atoms with van der Waals surface area (Å²) < 4.78 is 5.57. The highest BCUT2D eigenvalue weighted by molar-refractivity contribution is 5.34. The van der Waals surface area contributed by atoms with Gasteiger partial charge in [0.1, 0.15) is 5.75 Å². The van der Waals surface area contributed by atoms with Gasteiger partial charge in [-0.3, -0.25) is 4.98 Å². The second kappa shape index (κ2) is 5.60. The molecule has 0 bridgehead atoms. The summed E-state index contributed by atoms with van der Waals surface area (Å²) >= 11 is 0. The van der Waals surface area contributed by atoms with E-state index in [1.165, 1.54) is 0 Å². The fourth-order valence-electron chi connectivity index (χ4n) is 1.20. The van der Waals surface area contributed by atoms with Gasteiger partial charge in [0.2, 0.25) is 0 Å². The van der Waals surface area contributed by atoms with Crippen LogP contribution in [0.15, 0.2) is 12.3 Å². The van der Waals surface area contributed by atoms with Crippen LogP contribution in [-0.2, 0) is 6.61 Å². The largest absolute Gasteiger partial charge is 0.493 e. The standard InChI is InChI=1S/C11H17NO2/c1-3-4-7-14-11-5-6-12-10(8-13)9(11)2/h5-6,13H,3-4,7-8H2,1-2H3. The Morgan fingerprint density at radius 2 is 2.29 bits per heavy atom. The molecule has 1 aromatic rings. The van der Waals surface area contributed by atoms with Gasteiger partial charge in [-0.15, -0.1) is 0 Å². The maximum Gasteiger partial charge on any atom is 0.125 e. The van der Waals surface area contributed by atoms with E-state index in [1.54, 1.807) is 6.20 Å². The summed E-state index contributed by atoms with van der Waals surface area (Å²) in [5, 5.41) is 9.00. The van der Waals surface area contributed by atoms with Crippen LogP contribution in [0, 0.1) is 6.92 Å². The molecule has 3 nitrogen and oxygen atoms in total. The predicted molar refractivity (Wildman–Crippen MR) is 55.3 cm³/mol. The molecule has 1 aromatic heterocycles. The normalized spacial score (nSPS) is 10.2. The highest BCUT2D eigenvalue weighted by atomic mass is 16.5. The van der Waals surface area contributed by atoms with E-state index in [2.05, 4.69) is 11.9 Å². The van der Waals surface area contributed by atoms with Crippen molar-refractivity contribution in [1.29, 1.82) is 0 Å². The van der Waals surface area contributed by atoms with E-state index in [-0.39, 0.29) is 6.61 Å². The van der Waals surface area contributed by atoms with Crippen molar-refractivity contribution < 1.29 is 9.84 Å². The van der Waals surface area contributed by atoms with Crippen LogP contribution in [0.2, 0.25) is 0 Å². The van der Waals surface area contributed by atoms with Gasteiger partial charge in [-0.1, -0.05) is 13.3 Å². The zero-order chi connectivity index (χ0) is 10.4. The van der Waals surface area contributed by atoms with Gasteiger partial charge in [0.25, 0.3) is 0 Å². The van der Waals surface area contributed by atoms with E-state index in [0.29, 0.717) is 5.69 Å². The molecule has 0 aromatic carbocycles. The van der Waals surface area contributed by atoms with Gasteiger partial charge in [0.15, 0.2) is 0 Å². The summed E-state index contributed by atoms with van der Waals surface area (Å²) in [5.74, 6) is 0.831. The molecule has 0 aliphatic heterocycles. The summed E-state index contributed by atoms with van der Waals surface area (Å²) in [6.07, 6.45) is 3.84. The van der Waals surface area contributed by atoms with E-state index < -0.39 is 0 Å². The minimum Gasteiger partial charge on any atom is -0.493 e. The summed E-state index contributed by atoms with van der Waals surface area (Å²) in [5.41, 5.74) is 1.63. The van der Waals surface area contributed by atoms with Crippen molar-refractivity contribution in [2.75, 3.05) is 6.61 Å². The molecule has 0 aliphatic carbocycles. The van der Waals surface area contributed by atoms with Crippen LogP contribution in [0.1, 0.15) is 31.0 Å². The molecule has 78 valence electrons. The SMILES string of the molecule is CCCCOc1ccnc(CO)c1C. The number of hydrogen-bond acceptors (Lipinski definition) is 3. The van der Waals surface area contributed by atoms with Crippen LogP contribution in [0.25, 0.3) is 0 Å². The van der Waals surface area contributed by atoms with Crippen molar-refractivity contribution in [3.05, 3.63) is 23.5 Å². The van der Waals surface area contributed by atoms with Gasteiger partial charge in [0, 0.05) is 11.8 Å². The molecule has 0 spiro atoms. The van der Waals surface area contributed by atoms with Crippen LogP contribution in [0.4, 0.5) is 0 Å². The number of pyridine rings is 1. The van der Waals surface area contributed by atoms with Crippen molar-refractivity contribution >= 4 is 0 Å². The lowest BCUT2D eigenvalue weighted by Gasteiger charge is -2.10. The minimum absolute atomic E-state index is 0.0309. The smallest absolute Gasteiger partial charge is 0.125 e. The van der Waals surface area contributed by atoms with Crippen LogP contribution in [-0.4, -0.2) is 16.7 Å². The summed E-state index contributed by atoms with van der Waals surface area (Å²) in [6.45, 7) is 4.74. The first-order valence-electron chi connectivity index (χ1n) is 4.97. The van der Waals surface area contributed by atoms with Gasteiger partial charge in [0.05, 0.1) is 18.9 Å². The Morgan fingerprint density at radius 1 is 1.50 bits per heavy atom. The maximum atomic E-state index is 9.00. The van der Waals surface area contributed by atoms with Gasteiger partial charge in [-0.05, 0) is 19.4 Å². The molecule has 0 saturated carbocycles. The lowest BCUT2D eigenvalue weighted by molar-refractivity contribution is 0.271. The fourth-order valence-corrected chi connectivity index (χ4v) is 1.20. The number of ether oxygens (including phenoxy) is 1. The number of nitrogens with zero attached hydrogens (tertiary/aromatic N) is 1. The first-order chi connectivity index (χ1) is 6.79. The van der Waals surface area contributed by atoms with Gasteiger partial charge < -0.3 is 9.84 Å². The van der Waals surface area contributed by atoms with Crippen molar-refractivity contribution in [3.8, 4) is 5.75 Å². The van der Waals surface area contributed by atoms with E-state index in [0.717, 1.165) is 30.8 Å². The molecule has 0 amide bonds. The zero-order valence-electron chi connectivity index (χ0n) is 8.79. The van der Waals surface area contributed by atoms with Gasteiger partial charge in [-0.2, -0.15) is 0 Å². The molecule has 0 aliphatic rings. The Balaban J connectivity index is 2.66. The average molecular weight is 195 g/mol. The van der Waals surface area contributed by atoms with E-state index in [1.807, 2.05) is 13.0 Å². The Kier molecular flexibility index (Phi) is 4.40. The Morgan fingerprint density at radius 3 is 2.93 bits per heavy atom. The monoisotopic (exact) mass is 195 g/mol. The topological polar surface area (TPSA) is 42.4 Å². The molecule has 1 N–H and O–H groups in total. The number of aromatic nitrogens is 1. The second-order valence-corrected chi connectivity index (χ2v) is 3.24. The number of aliphatic hydroxyl groups excluding tert-OH is 1. The molecule has 14 heavy (non-hydrogen) atoms. The molecule has 1 heterocycles. The maximum absolute atomic E-state index is 9.00. The summed E-state index contributed by atoms with van der Waals surface area (Å²) in [4.78, 5) is 4.06. The quantitative estimate of drug-likeness (QED) is 0.731. The molecule has 0 saturated heterocycles. The third-order valence-electron chi connectivity index (χ3n) is 2.16. The summed E-state index contributed by atoms with van der Waals surface area (Å²) in [7, 11) is 0. The van der Waals surface area contributed by atoms with E-state index in [4.69, 9.17) is 9.84 Å². The lowest BCUT2D eigenvalue weighted by atomic mass is 10.2. The van der Waals surface area contributed by atoms with E-state index >= 15 is 0 Å². The van der Waals surface area contributed by atoms with Crippen LogP contribution >= 0.6 is 0 Å². The third kappa shape index (κ3) is 2.70. The van der Waals surface area contributed by atoms with Crippen LogP contribution in [0.3, 0.4) is 0 Å². The molecule has 0 atom stereocenters. The highest BCUT2D eigenvalue weighted by Gasteiger charge is 2.04. The molecular formula is C11H17NO2. The molecule has 0 unspecified atom stereocenters. The molecule has 3 heteroatoms. The minimum atomic E-state index is -0.0309. The second-order valence-electron chi connectivity index (χ2n) is 3.24. The summed E-state index contributed by atoms with van der Waals surface area (Å²) in [6, 6.07) is 1.84. The van der Waals surface area contributed by atoms with Crippen molar-refractivity contribution in [2.45, 2.75) is 33.3 Å². The highest BCUT2D eigenvalue weighted by Crippen LogP contribution is 2.19. The Bertz CT molecular complexity index is 287. The average Bonchev–Trinajstić information content (AvgIpc) is 2.21. The molecule has 0 radical (unpaired) electrons. The number of aliphatic hydroxyl groups is 1. The number of rotatable bonds is 5. The first kappa shape index (κ1) is 11.0. The van der Waals surface area contributed by atoms with Crippen molar-refractivity contribution in [2.24, 2.45) is 0 Å². The zero-order valence-corrected chi connectivity index (χ0v) is 8.79. The molecule has 1 rings (SSSR count). The number of unbranched alkanes of at least 4 members (excludes halogenated alkanes) is 1.